The molecule has 0 radical (unpaired) electrons. The van der Waals surface area contributed by atoms with Crippen molar-refractivity contribution in [3.05, 3.63) is 54.5 Å². The summed E-state index contributed by atoms with van der Waals surface area (Å²) in [6, 6.07) is 3.06. The Bertz CT molecular complexity index is 675. The average molecular weight is 317 g/mol. The second-order valence-corrected chi connectivity index (χ2v) is 4.53. The van der Waals surface area contributed by atoms with E-state index in [2.05, 4.69) is 25.9 Å². The number of halogens is 2. The number of hydrogen-bond donors (Lipinski definition) is 1. The van der Waals surface area contributed by atoms with E-state index in [0.717, 1.165) is 4.57 Å². The van der Waals surface area contributed by atoms with E-state index < -0.39 is 11.2 Å². The Morgan fingerprint density at radius 2 is 2.12 bits per heavy atom. The van der Waals surface area contributed by atoms with Gasteiger partial charge in [0.25, 0.3) is 5.56 Å². The van der Waals surface area contributed by atoms with E-state index in [1.807, 2.05) is 0 Å². The predicted molar refractivity (Wildman–Crippen MR) is 67.9 cm³/mol. The normalized spacial score (nSPS) is 10.5. The summed E-state index contributed by atoms with van der Waals surface area (Å²) in [7, 11) is 0. The van der Waals surface area contributed by atoms with Gasteiger partial charge in [-0.3, -0.25) is 4.79 Å². The van der Waals surface area contributed by atoms with Gasteiger partial charge in [0.2, 0.25) is 0 Å². The fourth-order valence-corrected chi connectivity index (χ4v) is 1.74. The summed E-state index contributed by atoms with van der Waals surface area (Å²) in [5.74, 6) is 0. The quantitative estimate of drug-likeness (QED) is 0.813. The molecule has 2 rings (SSSR count). The topological polar surface area (TPSA) is 67.8 Å². The van der Waals surface area contributed by atoms with E-state index in [4.69, 9.17) is 11.6 Å². The summed E-state index contributed by atoms with van der Waals surface area (Å²) in [6.45, 7) is 1.64. The van der Waals surface area contributed by atoms with Gasteiger partial charge in [-0.1, -0.05) is 11.6 Å². The van der Waals surface area contributed by atoms with E-state index >= 15 is 0 Å². The molecule has 1 N–H and O–H groups in total. The van der Waals surface area contributed by atoms with Crippen molar-refractivity contribution in [3.63, 3.8) is 0 Å². The van der Waals surface area contributed by atoms with Gasteiger partial charge in [-0.25, -0.2) is 14.3 Å². The Morgan fingerprint density at radius 3 is 2.71 bits per heavy atom. The molecule has 17 heavy (non-hydrogen) atoms. The van der Waals surface area contributed by atoms with Gasteiger partial charge in [-0.05, 0) is 35.0 Å². The number of nitrogens with one attached hydrogen (secondary N) is 1. The van der Waals surface area contributed by atoms with Crippen LogP contribution in [-0.2, 0) is 0 Å². The highest BCUT2D eigenvalue weighted by Gasteiger charge is 2.10. The lowest BCUT2D eigenvalue weighted by Gasteiger charge is -2.06. The summed E-state index contributed by atoms with van der Waals surface area (Å²) in [5.41, 5.74) is -0.102. The molecule has 0 atom stereocenters. The number of aryl methyl sites for hydroxylation is 1. The molecule has 0 spiro atoms. The van der Waals surface area contributed by atoms with E-state index in [-0.39, 0.29) is 0 Å². The Kier molecular flexibility index (Phi) is 3.17. The molecule has 0 unspecified atom stereocenters. The van der Waals surface area contributed by atoms with Crippen LogP contribution in [0.5, 0.6) is 0 Å². The number of aromatic nitrogens is 3. The highest BCUT2D eigenvalue weighted by molar-refractivity contribution is 9.10. The maximum absolute atomic E-state index is 11.9. The summed E-state index contributed by atoms with van der Waals surface area (Å²) in [5, 5.41) is 0.296. The van der Waals surface area contributed by atoms with E-state index in [0.29, 0.717) is 21.0 Å². The third-order valence-electron chi connectivity index (χ3n) is 2.19. The minimum absolute atomic E-state index is 0.296. The molecular formula is C10H7BrClN3O2. The minimum Gasteiger partial charge on any atom is -0.310 e. The highest BCUT2D eigenvalue weighted by atomic mass is 79.9. The van der Waals surface area contributed by atoms with Crippen molar-refractivity contribution >= 4 is 27.5 Å². The van der Waals surface area contributed by atoms with Crippen LogP contribution in [0.3, 0.4) is 0 Å². The van der Waals surface area contributed by atoms with Crippen molar-refractivity contribution in [1.29, 1.82) is 0 Å². The molecule has 88 valence electrons. The standard InChI is InChI=1S/C10H7BrClN3O2/c1-5-8(11)9(16)15(10(17)14-5)6-2-3-7(12)13-4-6/h2-4H,1H3,(H,14,17). The molecule has 2 heterocycles. The highest BCUT2D eigenvalue weighted by Crippen LogP contribution is 2.09. The van der Waals surface area contributed by atoms with Crippen molar-refractivity contribution in [2.45, 2.75) is 6.92 Å². The van der Waals surface area contributed by atoms with Gasteiger partial charge in [-0.2, -0.15) is 0 Å². The first kappa shape index (κ1) is 12.1. The SMILES string of the molecule is Cc1[nH]c(=O)n(-c2ccc(Cl)nc2)c(=O)c1Br. The van der Waals surface area contributed by atoms with Crippen LogP contribution < -0.4 is 11.2 Å². The van der Waals surface area contributed by atoms with Crippen LogP contribution in [0.4, 0.5) is 0 Å². The van der Waals surface area contributed by atoms with Crippen LogP contribution in [-0.4, -0.2) is 14.5 Å². The fraction of sp³-hybridized carbons (Fsp3) is 0.100. The van der Waals surface area contributed by atoms with Crippen LogP contribution in [0.15, 0.2) is 32.4 Å². The Labute approximate surface area is 109 Å². The summed E-state index contributed by atoms with van der Waals surface area (Å²) >= 11 is 8.77. The van der Waals surface area contributed by atoms with Crippen LogP contribution in [0, 0.1) is 6.92 Å². The number of rotatable bonds is 1. The van der Waals surface area contributed by atoms with Crippen molar-refractivity contribution < 1.29 is 0 Å². The molecule has 7 heteroatoms. The minimum atomic E-state index is -0.514. The molecule has 5 nitrogen and oxygen atoms in total. The molecule has 2 aromatic rings. The lowest BCUT2D eigenvalue weighted by Crippen LogP contribution is -2.35. The van der Waals surface area contributed by atoms with Crippen LogP contribution in [0.1, 0.15) is 5.69 Å². The van der Waals surface area contributed by atoms with Crippen molar-refractivity contribution in [3.8, 4) is 5.69 Å². The molecule has 0 saturated carbocycles. The van der Waals surface area contributed by atoms with Gasteiger partial charge in [0.1, 0.15) is 9.63 Å². The molecule has 0 aliphatic rings. The van der Waals surface area contributed by atoms with Gasteiger partial charge in [0.15, 0.2) is 0 Å². The third-order valence-corrected chi connectivity index (χ3v) is 3.35. The predicted octanol–water partition coefficient (Wildman–Crippen LogP) is 1.65. The number of aromatic amines is 1. The average Bonchev–Trinajstić information content (AvgIpc) is 2.29. The van der Waals surface area contributed by atoms with E-state index in [1.54, 1.807) is 13.0 Å². The first-order valence-corrected chi connectivity index (χ1v) is 5.81. The second-order valence-electron chi connectivity index (χ2n) is 3.35. The third kappa shape index (κ3) is 2.18. The summed E-state index contributed by atoms with van der Waals surface area (Å²) < 4.78 is 1.30. The second kappa shape index (κ2) is 4.46. The summed E-state index contributed by atoms with van der Waals surface area (Å²) in [6.07, 6.45) is 1.36. The van der Waals surface area contributed by atoms with Crippen molar-refractivity contribution in [2.75, 3.05) is 0 Å². The number of pyridine rings is 1. The number of hydrogen-bond acceptors (Lipinski definition) is 3. The zero-order chi connectivity index (χ0) is 12.6. The van der Waals surface area contributed by atoms with E-state index in [1.165, 1.54) is 12.3 Å². The van der Waals surface area contributed by atoms with Gasteiger partial charge >= 0.3 is 5.69 Å². The van der Waals surface area contributed by atoms with Crippen molar-refractivity contribution in [1.82, 2.24) is 14.5 Å². The maximum Gasteiger partial charge on any atom is 0.333 e. The molecule has 0 aliphatic heterocycles. The van der Waals surface area contributed by atoms with Crippen molar-refractivity contribution in [2.24, 2.45) is 0 Å². The first-order valence-electron chi connectivity index (χ1n) is 4.64. The largest absolute Gasteiger partial charge is 0.333 e. The molecule has 0 aromatic carbocycles. The van der Waals surface area contributed by atoms with Gasteiger partial charge in [0.05, 0.1) is 11.9 Å². The molecule has 0 fully saturated rings. The maximum atomic E-state index is 11.9. The molecule has 0 amide bonds. The molecule has 0 saturated heterocycles. The lowest BCUT2D eigenvalue weighted by molar-refractivity contribution is 0.843. The number of H-pyrrole nitrogens is 1. The Hall–Kier alpha value is -1.40. The zero-order valence-electron chi connectivity index (χ0n) is 8.70. The molecule has 0 bridgehead atoms. The molecule has 2 aromatic heterocycles. The lowest BCUT2D eigenvalue weighted by atomic mass is 10.4. The van der Waals surface area contributed by atoms with Gasteiger partial charge in [-0.15, -0.1) is 0 Å². The van der Waals surface area contributed by atoms with Gasteiger partial charge < -0.3 is 4.98 Å². The Morgan fingerprint density at radius 1 is 1.41 bits per heavy atom. The van der Waals surface area contributed by atoms with Gasteiger partial charge in [0, 0.05) is 5.69 Å². The number of nitrogens with zero attached hydrogens (tertiary/aromatic N) is 2. The Balaban J connectivity index is 2.77. The fourth-order valence-electron chi connectivity index (χ4n) is 1.36. The molecular weight excluding hydrogens is 309 g/mol. The van der Waals surface area contributed by atoms with Crippen LogP contribution in [0.2, 0.25) is 5.15 Å². The van der Waals surface area contributed by atoms with Crippen LogP contribution in [0.25, 0.3) is 5.69 Å². The molecule has 0 aliphatic carbocycles. The van der Waals surface area contributed by atoms with Crippen LogP contribution >= 0.6 is 27.5 Å². The van der Waals surface area contributed by atoms with E-state index in [9.17, 15) is 9.59 Å². The summed E-state index contributed by atoms with van der Waals surface area (Å²) in [4.78, 5) is 30.0. The first-order chi connectivity index (χ1) is 8.00. The monoisotopic (exact) mass is 315 g/mol. The zero-order valence-corrected chi connectivity index (χ0v) is 11.0. The smallest absolute Gasteiger partial charge is 0.310 e.